The summed E-state index contributed by atoms with van der Waals surface area (Å²) in [5.41, 5.74) is 2.35. The van der Waals surface area contributed by atoms with Crippen LogP contribution < -0.4 is 0 Å². The molecule has 0 saturated carbocycles. The van der Waals surface area contributed by atoms with E-state index >= 15 is 0 Å². The van der Waals surface area contributed by atoms with Crippen molar-refractivity contribution in [3.63, 3.8) is 0 Å². The molecule has 0 atom stereocenters. The van der Waals surface area contributed by atoms with Crippen LogP contribution in [0, 0.1) is 0 Å². The maximum atomic E-state index is 3.95. The van der Waals surface area contributed by atoms with Gasteiger partial charge < -0.3 is 0 Å². The first kappa shape index (κ1) is 8.05. The summed E-state index contributed by atoms with van der Waals surface area (Å²) in [6.45, 7) is 5.89. The molecule has 1 rings (SSSR count). The van der Waals surface area contributed by atoms with Gasteiger partial charge in [-0.05, 0) is 24.5 Å². The molecule has 0 saturated heterocycles. The molecule has 1 aromatic heterocycles. The number of hydrogen-bond acceptors (Lipinski definition) is 1. The Morgan fingerprint density at radius 1 is 1.73 bits per heavy atom. The summed E-state index contributed by atoms with van der Waals surface area (Å²) < 4.78 is 0. The lowest BCUT2D eigenvalue weighted by Crippen LogP contribution is -1.84. The number of hydrogen-bond donors (Lipinski definition) is 1. The molecule has 0 aromatic carbocycles. The highest BCUT2D eigenvalue weighted by atomic mass is 15.1. The predicted octanol–water partition coefficient (Wildman–Crippen LogP) is 2.40. The molecule has 11 heavy (non-hydrogen) atoms. The second-order valence-electron chi connectivity index (χ2n) is 2.62. The van der Waals surface area contributed by atoms with Gasteiger partial charge in [-0.2, -0.15) is 5.10 Å². The largest absolute Gasteiger partial charge is 0.278 e. The molecule has 0 bridgehead atoms. The van der Waals surface area contributed by atoms with Crippen LogP contribution in [0.4, 0.5) is 0 Å². The number of aryl methyl sites for hydroxylation is 1. The highest BCUT2D eigenvalue weighted by Crippen LogP contribution is 2.09. The van der Waals surface area contributed by atoms with Gasteiger partial charge in [-0.25, -0.2) is 0 Å². The minimum absolute atomic E-state index is 1.07. The van der Waals surface area contributed by atoms with E-state index in [2.05, 4.69) is 23.7 Å². The molecule has 0 aliphatic carbocycles. The third-order valence-corrected chi connectivity index (χ3v) is 1.76. The third kappa shape index (κ3) is 1.93. The average molecular weight is 150 g/mol. The molecule has 60 valence electrons. The monoisotopic (exact) mass is 150 g/mol. The predicted molar refractivity (Wildman–Crippen MR) is 47.3 cm³/mol. The molecule has 0 fully saturated rings. The van der Waals surface area contributed by atoms with Gasteiger partial charge in [0.2, 0.25) is 0 Å². The maximum Gasteiger partial charge on any atom is 0.0603 e. The number of aromatic nitrogens is 2. The van der Waals surface area contributed by atoms with Crippen LogP contribution in [0.15, 0.2) is 12.8 Å². The Morgan fingerprint density at radius 2 is 2.55 bits per heavy atom. The lowest BCUT2D eigenvalue weighted by Gasteiger charge is -1.95. The van der Waals surface area contributed by atoms with E-state index in [-0.39, 0.29) is 0 Å². The van der Waals surface area contributed by atoms with Crippen molar-refractivity contribution in [1.82, 2.24) is 10.2 Å². The molecule has 0 amide bonds. The zero-order valence-electron chi connectivity index (χ0n) is 6.93. The number of unbranched alkanes of at least 4 members (excludes halogenated alkanes) is 1. The topological polar surface area (TPSA) is 28.7 Å². The summed E-state index contributed by atoms with van der Waals surface area (Å²) in [4.78, 5) is 0. The summed E-state index contributed by atoms with van der Waals surface area (Å²) in [5.74, 6) is 0. The van der Waals surface area contributed by atoms with Crippen molar-refractivity contribution in [3.8, 4) is 0 Å². The Kier molecular flexibility index (Phi) is 2.90. The van der Waals surface area contributed by atoms with E-state index in [9.17, 15) is 0 Å². The number of nitrogens with one attached hydrogen (secondary N) is 1. The van der Waals surface area contributed by atoms with Gasteiger partial charge in [0.25, 0.3) is 0 Å². The van der Waals surface area contributed by atoms with Crippen molar-refractivity contribution in [1.29, 1.82) is 0 Å². The molecular weight excluding hydrogens is 136 g/mol. The summed E-state index contributed by atoms with van der Waals surface area (Å²) in [6.07, 6.45) is 7.25. The van der Waals surface area contributed by atoms with Crippen LogP contribution in [0.25, 0.3) is 6.08 Å². The molecule has 0 radical (unpaired) electrons. The number of rotatable bonds is 4. The Labute approximate surface area is 67.3 Å². The highest BCUT2D eigenvalue weighted by molar-refractivity contribution is 5.45. The fourth-order valence-corrected chi connectivity index (χ4v) is 1.06. The van der Waals surface area contributed by atoms with Crippen molar-refractivity contribution in [3.05, 3.63) is 24.0 Å². The molecule has 2 heteroatoms. The summed E-state index contributed by atoms with van der Waals surface area (Å²) in [7, 11) is 0. The zero-order chi connectivity index (χ0) is 8.10. The van der Waals surface area contributed by atoms with E-state index in [4.69, 9.17) is 0 Å². The maximum absolute atomic E-state index is 3.95. The standard InChI is InChI=1S/C9H14N2/c1-3-5-6-8-7-10-11-9(8)4-2/h4,7H,2-3,5-6H2,1H3,(H,10,11). The smallest absolute Gasteiger partial charge is 0.0603 e. The second-order valence-corrected chi connectivity index (χ2v) is 2.62. The van der Waals surface area contributed by atoms with Crippen molar-refractivity contribution in [2.75, 3.05) is 0 Å². The average Bonchev–Trinajstić information content (AvgIpc) is 2.47. The molecule has 2 nitrogen and oxygen atoms in total. The molecule has 0 spiro atoms. The number of H-pyrrole nitrogens is 1. The fourth-order valence-electron chi connectivity index (χ4n) is 1.06. The molecule has 1 aromatic rings. The quantitative estimate of drug-likeness (QED) is 0.701. The Bertz CT molecular complexity index is 225. The minimum Gasteiger partial charge on any atom is -0.278 e. The first-order valence-corrected chi connectivity index (χ1v) is 4.03. The van der Waals surface area contributed by atoms with Gasteiger partial charge in [0.15, 0.2) is 0 Å². The van der Waals surface area contributed by atoms with Crippen molar-refractivity contribution < 1.29 is 0 Å². The van der Waals surface area contributed by atoms with Crippen molar-refractivity contribution >= 4 is 6.08 Å². The van der Waals surface area contributed by atoms with Crippen LogP contribution in [-0.2, 0) is 6.42 Å². The van der Waals surface area contributed by atoms with Gasteiger partial charge in [0, 0.05) is 0 Å². The first-order valence-electron chi connectivity index (χ1n) is 4.03. The summed E-state index contributed by atoms with van der Waals surface area (Å²) in [5, 5.41) is 6.85. The Hall–Kier alpha value is -1.05. The van der Waals surface area contributed by atoms with Crippen molar-refractivity contribution in [2.45, 2.75) is 26.2 Å². The molecular formula is C9H14N2. The summed E-state index contributed by atoms with van der Waals surface area (Å²) >= 11 is 0. The van der Waals surface area contributed by atoms with E-state index in [1.165, 1.54) is 18.4 Å². The van der Waals surface area contributed by atoms with Gasteiger partial charge in [0.05, 0.1) is 11.9 Å². The van der Waals surface area contributed by atoms with E-state index < -0.39 is 0 Å². The van der Waals surface area contributed by atoms with E-state index in [1.807, 2.05) is 12.3 Å². The van der Waals surface area contributed by atoms with Gasteiger partial charge in [-0.3, -0.25) is 5.10 Å². The molecule has 0 aliphatic rings. The fraction of sp³-hybridized carbons (Fsp3) is 0.444. The van der Waals surface area contributed by atoms with E-state index in [0.717, 1.165) is 12.1 Å². The highest BCUT2D eigenvalue weighted by Gasteiger charge is 1.99. The SMILES string of the molecule is C=Cc1[nH]ncc1CCCC. The second kappa shape index (κ2) is 3.96. The van der Waals surface area contributed by atoms with Gasteiger partial charge in [-0.1, -0.05) is 19.9 Å². The van der Waals surface area contributed by atoms with Gasteiger partial charge >= 0.3 is 0 Å². The minimum atomic E-state index is 1.07. The lowest BCUT2D eigenvalue weighted by atomic mass is 10.1. The van der Waals surface area contributed by atoms with Crippen LogP contribution in [-0.4, -0.2) is 10.2 Å². The van der Waals surface area contributed by atoms with Crippen LogP contribution in [0.3, 0.4) is 0 Å². The number of aromatic amines is 1. The lowest BCUT2D eigenvalue weighted by molar-refractivity contribution is 0.794. The molecule has 1 N–H and O–H groups in total. The van der Waals surface area contributed by atoms with Gasteiger partial charge in [0.1, 0.15) is 0 Å². The zero-order valence-corrected chi connectivity index (χ0v) is 6.93. The normalized spacial score (nSPS) is 9.91. The third-order valence-electron chi connectivity index (χ3n) is 1.76. The Morgan fingerprint density at radius 3 is 3.18 bits per heavy atom. The molecule has 0 unspecified atom stereocenters. The van der Waals surface area contributed by atoms with Crippen LogP contribution in [0.5, 0.6) is 0 Å². The van der Waals surface area contributed by atoms with Gasteiger partial charge in [-0.15, -0.1) is 0 Å². The molecule has 1 heterocycles. The van der Waals surface area contributed by atoms with E-state index in [0.29, 0.717) is 0 Å². The molecule has 0 aliphatic heterocycles. The van der Waals surface area contributed by atoms with Crippen LogP contribution >= 0.6 is 0 Å². The first-order chi connectivity index (χ1) is 5.38. The van der Waals surface area contributed by atoms with E-state index in [1.54, 1.807) is 0 Å². The van der Waals surface area contributed by atoms with Crippen LogP contribution in [0.2, 0.25) is 0 Å². The van der Waals surface area contributed by atoms with Crippen molar-refractivity contribution in [2.24, 2.45) is 0 Å². The van der Waals surface area contributed by atoms with Crippen LogP contribution in [0.1, 0.15) is 31.0 Å². The summed E-state index contributed by atoms with van der Waals surface area (Å²) in [6, 6.07) is 0. The Balaban J connectivity index is 2.61. The number of nitrogens with zero attached hydrogens (tertiary/aromatic N) is 1.